The first-order valence-corrected chi connectivity index (χ1v) is 8.88. The summed E-state index contributed by atoms with van der Waals surface area (Å²) in [6.07, 6.45) is 1.59. The van der Waals surface area contributed by atoms with Crippen LogP contribution in [0.25, 0.3) is 11.0 Å². The predicted molar refractivity (Wildman–Crippen MR) is 101 cm³/mol. The number of H-pyrrole nitrogens is 1. The predicted octanol–water partition coefficient (Wildman–Crippen LogP) is 3.98. The Kier molecular flexibility index (Phi) is 5.80. The lowest BCUT2D eigenvalue weighted by Crippen LogP contribution is -2.11. The van der Waals surface area contributed by atoms with Gasteiger partial charge in [0.15, 0.2) is 11.5 Å². The van der Waals surface area contributed by atoms with E-state index in [0.29, 0.717) is 48.4 Å². The maximum atomic E-state index is 12.7. The summed E-state index contributed by atoms with van der Waals surface area (Å²) in [6, 6.07) is 8.41. The lowest BCUT2D eigenvalue weighted by Gasteiger charge is -2.16. The molecule has 0 spiro atoms. The van der Waals surface area contributed by atoms with Gasteiger partial charge in [-0.15, -0.1) is 0 Å². The topological polar surface area (TPSA) is 82.7 Å². The third-order valence-corrected chi connectivity index (χ3v) is 3.75. The van der Waals surface area contributed by atoms with Gasteiger partial charge in [0, 0.05) is 6.07 Å². The molecule has 0 aliphatic rings. The average Bonchev–Trinajstić information content (AvgIpc) is 3.12. The number of carbonyl (C=O) groups is 1. The number of nitrogens with zero attached hydrogens (tertiary/aromatic N) is 1. The minimum Gasteiger partial charge on any atom is -0.490 e. The van der Waals surface area contributed by atoms with Gasteiger partial charge in [0.1, 0.15) is 5.75 Å². The molecule has 7 nitrogen and oxygen atoms in total. The van der Waals surface area contributed by atoms with Crippen LogP contribution in [0.4, 0.5) is 0 Å². The molecule has 3 aromatic rings. The standard InChI is InChI=1S/C20H22N2O5/c1-4-24-17-9-13(10-18(25-5-2)19(17)26-6-3)20(23)27-14-7-8-15-16(11-14)22-12-21-15/h7-12H,4-6H2,1-3H3,(H,21,22). The van der Waals surface area contributed by atoms with Crippen molar-refractivity contribution in [2.75, 3.05) is 19.8 Å². The van der Waals surface area contributed by atoms with Crippen LogP contribution in [0, 0.1) is 0 Å². The first-order valence-electron chi connectivity index (χ1n) is 8.88. The molecule has 7 heteroatoms. The van der Waals surface area contributed by atoms with E-state index in [2.05, 4.69) is 9.97 Å². The number of ether oxygens (including phenoxy) is 4. The molecule has 1 aromatic heterocycles. The van der Waals surface area contributed by atoms with Gasteiger partial charge in [-0.1, -0.05) is 0 Å². The van der Waals surface area contributed by atoms with E-state index in [1.165, 1.54) is 0 Å². The Hall–Kier alpha value is -3.22. The number of benzene rings is 2. The fraction of sp³-hybridized carbons (Fsp3) is 0.300. The molecule has 0 aliphatic heterocycles. The fourth-order valence-electron chi connectivity index (χ4n) is 2.65. The van der Waals surface area contributed by atoms with Crippen molar-refractivity contribution < 1.29 is 23.7 Å². The highest BCUT2D eigenvalue weighted by Crippen LogP contribution is 2.39. The van der Waals surface area contributed by atoms with E-state index in [1.807, 2.05) is 20.8 Å². The summed E-state index contributed by atoms with van der Waals surface area (Å²) in [4.78, 5) is 19.8. The van der Waals surface area contributed by atoms with Gasteiger partial charge in [-0.2, -0.15) is 0 Å². The summed E-state index contributed by atoms with van der Waals surface area (Å²) in [6.45, 7) is 6.91. The van der Waals surface area contributed by atoms with E-state index in [1.54, 1.807) is 36.7 Å². The zero-order chi connectivity index (χ0) is 19.2. The van der Waals surface area contributed by atoms with Crippen LogP contribution < -0.4 is 18.9 Å². The third kappa shape index (κ3) is 4.13. The Bertz CT molecular complexity index is 908. The minimum atomic E-state index is -0.515. The van der Waals surface area contributed by atoms with E-state index < -0.39 is 5.97 Å². The van der Waals surface area contributed by atoms with Crippen molar-refractivity contribution in [3.05, 3.63) is 42.2 Å². The number of rotatable bonds is 8. The number of hydrogen-bond donors (Lipinski definition) is 1. The third-order valence-electron chi connectivity index (χ3n) is 3.75. The molecule has 0 saturated heterocycles. The van der Waals surface area contributed by atoms with Crippen LogP contribution in [0.15, 0.2) is 36.7 Å². The number of nitrogens with one attached hydrogen (secondary N) is 1. The van der Waals surface area contributed by atoms with Gasteiger partial charge in [0.05, 0.1) is 42.7 Å². The number of aromatic amines is 1. The van der Waals surface area contributed by atoms with E-state index >= 15 is 0 Å². The average molecular weight is 370 g/mol. The maximum Gasteiger partial charge on any atom is 0.343 e. The molecule has 0 bridgehead atoms. The Morgan fingerprint density at radius 2 is 1.63 bits per heavy atom. The highest BCUT2D eigenvalue weighted by atomic mass is 16.5. The molecular formula is C20H22N2O5. The molecule has 0 fully saturated rings. The number of imidazole rings is 1. The van der Waals surface area contributed by atoms with Crippen LogP contribution in [0.2, 0.25) is 0 Å². The van der Waals surface area contributed by atoms with Crippen molar-refractivity contribution in [3.8, 4) is 23.0 Å². The maximum absolute atomic E-state index is 12.7. The Labute approximate surface area is 157 Å². The zero-order valence-corrected chi connectivity index (χ0v) is 15.6. The first-order chi connectivity index (χ1) is 13.2. The fourth-order valence-corrected chi connectivity index (χ4v) is 2.65. The monoisotopic (exact) mass is 370 g/mol. The Balaban J connectivity index is 1.92. The normalized spacial score (nSPS) is 10.6. The van der Waals surface area contributed by atoms with Crippen LogP contribution in [-0.4, -0.2) is 35.8 Å². The lowest BCUT2D eigenvalue weighted by atomic mass is 10.1. The number of carbonyl (C=O) groups excluding carboxylic acids is 1. The van der Waals surface area contributed by atoms with Crippen LogP contribution >= 0.6 is 0 Å². The van der Waals surface area contributed by atoms with Gasteiger partial charge in [0.25, 0.3) is 0 Å². The molecule has 0 radical (unpaired) electrons. The van der Waals surface area contributed by atoms with E-state index in [4.69, 9.17) is 18.9 Å². The van der Waals surface area contributed by atoms with Gasteiger partial charge >= 0.3 is 5.97 Å². The molecule has 2 aromatic carbocycles. The molecule has 0 amide bonds. The molecule has 0 saturated carbocycles. The number of aromatic nitrogens is 2. The molecule has 0 unspecified atom stereocenters. The van der Waals surface area contributed by atoms with Crippen molar-refractivity contribution >= 4 is 17.0 Å². The van der Waals surface area contributed by atoms with Crippen LogP contribution in [-0.2, 0) is 0 Å². The minimum absolute atomic E-state index is 0.315. The van der Waals surface area contributed by atoms with Gasteiger partial charge in [-0.05, 0) is 45.0 Å². The highest BCUT2D eigenvalue weighted by molar-refractivity contribution is 5.93. The van der Waals surface area contributed by atoms with E-state index in [9.17, 15) is 4.79 Å². The molecule has 27 heavy (non-hydrogen) atoms. The molecule has 0 aliphatic carbocycles. The zero-order valence-electron chi connectivity index (χ0n) is 15.6. The molecule has 3 rings (SSSR count). The van der Waals surface area contributed by atoms with Gasteiger partial charge in [0.2, 0.25) is 5.75 Å². The Morgan fingerprint density at radius 3 is 2.26 bits per heavy atom. The number of hydrogen-bond acceptors (Lipinski definition) is 6. The second-order valence-electron chi connectivity index (χ2n) is 5.57. The molecular weight excluding hydrogens is 348 g/mol. The van der Waals surface area contributed by atoms with Gasteiger partial charge < -0.3 is 23.9 Å². The SMILES string of the molecule is CCOc1cc(C(=O)Oc2ccc3nc[nH]c3c2)cc(OCC)c1OCC. The van der Waals surface area contributed by atoms with Crippen LogP contribution in [0.3, 0.4) is 0 Å². The summed E-state index contributed by atoms with van der Waals surface area (Å²) in [5, 5.41) is 0. The quantitative estimate of drug-likeness (QED) is 0.477. The van der Waals surface area contributed by atoms with E-state index in [0.717, 1.165) is 11.0 Å². The van der Waals surface area contributed by atoms with Crippen LogP contribution in [0.5, 0.6) is 23.0 Å². The van der Waals surface area contributed by atoms with Crippen molar-refractivity contribution in [3.63, 3.8) is 0 Å². The molecule has 1 N–H and O–H groups in total. The summed E-state index contributed by atoms with van der Waals surface area (Å²) < 4.78 is 22.4. The van der Waals surface area contributed by atoms with E-state index in [-0.39, 0.29) is 0 Å². The smallest absolute Gasteiger partial charge is 0.343 e. The van der Waals surface area contributed by atoms with Gasteiger partial charge in [-0.25, -0.2) is 9.78 Å². The van der Waals surface area contributed by atoms with Crippen LogP contribution in [0.1, 0.15) is 31.1 Å². The second kappa shape index (κ2) is 8.44. The summed E-state index contributed by atoms with van der Waals surface area (Å²) in [7, 11) is 0. The summed E-state index contributed by atoms with van der Waals surface area (Å²) >= 11 is 0. The summed E-state index contributed by atoms with van der Waals surface area (Å²) in [5.74, 6) is 1.28. The highest BCUT2D eigenvalue weighted by Gasteiger charge is 2.19. The first kappa shape index (κ1) is 18.6. The number of esters is 1. The van der Waals surface area contributed by atoms with Crippen molar-refractivity contribution in [1.82, 2.24) is 9.97 Å². The van der Waals surface area contributed by atoms with Gasteiger partial charge in [-0.3, -0.25) is 0 Å². The second-order valence-corrected chi connectivity index (χ2v) is 5.57. The summed E-state index contributed by atoms with van der Waals surface area (Å²) in [5.41, 5.74) is 1.90. The largest absolute Gasteiger partial charge is 0.490 e. The lowest BCUT2D eigenvalue weighted by molar-refractivity contribution is 0.0733. The molecule has 0 atom stereocenters. The Morgan fingerprint density at radius 1 is 0.963 bits per heavy atom. The number of fused-ring (bicyclic) bond motifs is 1. The molecule has 1 heterocycles. The van der Waals surface area contributed by atoms with Crippen molar-refractivity contribution in [2.24, 2.45) is 0 Å². The van der Waals surface area contributed by atoms with Crippen molar-refractivity contribution in [2.45, 2.75) is 20.8 Å². The molecule has 142 valence electrons. The van der Waals surface area contributed by atoms with Crippen molar-refractivity contribution in [1.29, 1.82) is 0 Å².